The van der Waals surface area contributed by atoms with Crippen molar-refractivity contribution in [3.8, 4) is 0 Å². The van der Waals surface area contributed by atoms with Gasteiger partial charge in [-0.15, -0.1) is 0 Å². The van der Waals surface area contributed by atoms with Crippen molar-refractivity contribution >= 4 is 0 Å². The normalized spacial score (nSPS) is 25.3. The van der Waals surface area contributed by atoms with Crippen LogP contribution >= 0.6 is 0 Å². The Morgan fingerprint density at radius 2 is 1.84 bits per heavy atom. The molecule has 1 heteroatoms. The summed E-state index contributed by atoms with van der Waals surface area (Å²) in [6, 6.07) is 6.43. The van der Waals surface area contributed by atoms with Crippen LogP contribution in [0.15, 0.2) is 18.2 Å². The Labute approximate surface area is 118 Å². The lowest BCUT2D eigenvalue weighted by atomic mass is 9.76. The number of rotatable bonds is 4. The number of aliphatic hydroxyl groups is 1. The van der Waals surface area contributed by atoms with E-state index in [1.807, 2.05) is 0 Å². The van der Waals surface area contributed by atoms with Crippen molar-refractivity contribution in [2.75, 3.05) is 0 Å². The average Bonchev–Trinajstić information content (AvgIpc) is 2.42. The van der Waals surface area contributed by atoms with Crippen LogP contribution in [0.1, 0.15) is 68.2 Å². The first kappa shape index (κ1) is 14.6. The second-order valence-corrected chi connectivity index (χ2v) is 6.37. The number of aliphatic hydroxyl groups excluding tert-OH is 1. The Morgan fingerprint density at radius 1 is 1.16 bits per heavy atom. The van der Waals surface area contributed by atoms with E-state index < -0.39 is 0 Å². The Balaban J connectivity index is 2.01. The molecule has 2 rings (SSSR count). The van der Waals surface area contributed by atoms with E-state index in [1.54, 1.807) is 0 Å². The summed E-state index contributed by atoms with van der Waals surface area (Å²) < 4.78 is 0. The maximum absolute atomic E-state index is 10.7. The molecule has 0 amide bonds. The van der Waals surface area contributed by atoms with Crippen molar-refractivity contribution in [1.29, 1.82) is 0 Å². The minimum atomic E-state index is -0.262. The third-order valence-corrected chi connectivity index (χ3v) is 4.79. The van der Waals surface area contributed by atoms with Gasteiger partial charge in [0.1, 0.15) is 0 Å². The van der Waals surface area contributed by atoms with Gasteiger partial charge in [-0.05, 0) is 49.7 Å². The van der Waals surface area contributed by atoms with E-state index in [-0.39, 0.29) is 6.10 Å². The molecule has 1 aliphatic carbocycles. The summed E-state index contributed by atoms with van der Waals surface area (Å²) in [6.45, 7) is 6.49. The highest BCUT2D eigenvalue weighted by Crippen LogP contribution is 2.39. The molecule has 1 aliphatic rings. The highest BCUT2D eigenvalue weighted by Gasteiger charge is 2.27. The second kappa shape index (κ2) is 6.56. The Hall–Kier alpha value is -0.820. The third kappa shape index (κ3) is 3.60. The van der Waals surface area contributed by atoms with Crippen molar-refractivity contribution in [3.05, 3.63) is 34.9 Å². The molecule has 1 aromatic carbocycles. The van der Waals surface area contributed by atoms with Gasteiger partial charge in [-0.2, -0.15) is 0 Å². The summed E-state index contributed by atoms with van der Waals surface area (Å²) in [4.78, 5) is 0. The predicted molar refractivity (Wildman–Crippen MR) is 81.2 cm³/mol. The molecular weight excluding hydrogens is 232 g/mol. The van der Waals surface area contributed by atoms with Crippen molar-refractivity contribution in [1.82, 2.24) is 0 Å². The summed E-state index contributed by atoms with van der Waals surface area (Å²) in [5.41, 5.74) is 3.63. The van der Waals surface area contributed by atoms with E-state index in [0.29, 0.717) is 5.92 Å². The molecule has 106 valence electrons. The van der Waals surface area contributed by atoms with Crippen molar-refractivity contribution in [3.63, 3.8) is 0 Å². The smallest absolute Gasteiger partial charge is 0.0820 e. The summed E-state index contributed by atoms with van der Waals surface area (Å²) >= 11 is 0. The zero-order valence-electron chi connectivity index (χ0n) is 12.7. The molecule has 0 spiro atoms. The van der Waals surface area contributed by atoms with E-state index in [4.69, 9.17) is 0 Å². The largest absolute Gasteiger partial charge is 0.388 e. The van der Waals surface area contributed by atoms with Gasteiger partial charge in [-0.1, -0.05) is 56.4 Å². The van der Waals surface area contributed by atoms with Crippen molar-refractivity contribution < 1.29 is 5.11 Å². The summed E-state index contributed by atoms with van der Waals surface area (Å²) in [5.74, 6) is 1.38. The highest BCUT2D eigenvalue weighted by molar-refractivity contribution is 5.32. The first-order valence-corrected chi connectivity index (χ1v) is 7.87. The molecule has 1 unspecified atom stereocenters. The van der Waals surface area contributed by atoms with Gasteiger partial charge in [-0.3, -0.25) is 0 Å². The second-order valence-electron chi connectivity index (χ2n) is 6.37. The maximum atomic E-state index is 10.7. The van der Waals surface area contributed by atoms with E-state index in [2.05, 4.69) is 39.0 Å². The minimum absolute atomic E-state index is 0.262. The summed E-state index contributed by atoms with van der Waals surface area (Å²) in [7, 11) is 0. The molecule has 1 atom stereocenters. The van der Waals surface area contributed by atoms with Crippen LogP contribution in [-0.2, 0) is 0 Å². The van der Waals surface area contributed by atoms with Crippen LogP contribution < -0.4 is 0 Å². The molecule has 1 nitrogen and oxygen atoms in total. The molecule has 1 fully saturated rings. The summed E-state index contributed by atoms with van der Waals surface area (Å²) in [5, 5.41) is 10.7. The lowest BCUT2D eigenvalue weighted by Crippen LogP contribution is -2.21. The Bertz CT molecular complexity index is 402. The zero-order valence-corrected chi connectivity index (χ0v) is 12.7. The maximum Gasteiger partial charge on any atom is 0.0820 e. The molecule has 0 radical (unpaired) electrons. The molecule has 1 N–H and O–H groups in total. The van der Waals surface area contributed by atoms with E-state index in [0.717, 1.165) is 11.5 Å². The molecule has 19 heavy (non-hydrogen) atoms. The highest BCUT2D eigenvalue weighted by atomic mass is 16.3. The molecular formula is C18H28O. The van der Waals surface area contributed by atoms with Crippen LogP contribution in [0.5, 0.6) is 0 Å². The monoisotopic (exact) mass is 260 g/mol. The Morgan fingerprint density at radius 3 is 2.47 bits per heavy atom. The zero-order chi connectivity index (χ0) is 13.8. The van der Waals surface area contributed by atoms with Gasteiger partial charge in [0.05, 0.1) is 6.10 Å². The standard InChI is InChI=1S/C18H28O/c1-4-5-15-8-10-16(11-9-15)18(19)17-12-13(2)6-7-14(17)3/h6-7,12,15-16,18-19H,4-5,8-11H2,1-3H3. The van der Waals surface area contributed by atoms with Crippen LogP contribution in [0.2, 0.25) is 0 Å². The van der Waals surface area contributed by atoms with Crippen molar-refractivity contribution in [2.24, 2.45) is 11.8 Å². The van der Waals surface area contributed by atoms with E-state index >= 15 is 0 Å². The first-order valence-electron chi connectivity index (χ1n) is 7.87. The van der Waals surface area contributed by atoms with Crippen LogP contribution in [0.4, 0.5) is 0 Å². The first-order chi connectivity index (χ1) is 9.11. The van der Waals surface area contributed by atoms with Gasteiger partial charge in [0, 0.05) is 0 Å². The average molecular weight is 260 g/mol. The van der Waals surface area contributed by atoms with Gasteiger partial charge >= 0.3 is 0 Å². The lowest BCUT2D eigenvalue weighted by Gasteiger charge is -2.32. The van der Waals surface area contributed by atoms with Gasteiger partial charge in [0.15, 0.2) is 0 Å². The van der Waals surface area contributed by atoms with Crippen LogP contribution in [0.3, 0.4) is 0 Å². The quantitative estimate of drug-likeness (QED) is 0.812. The van der Waals surface area contributed by atoms with E-state index in [9.17, 15) is 5.11 Å². The number of benzene rings is 1. The topological polar surface area (TPSA) is 20.2 Å². The molecule has 1 saturated carbocycles. The molecule has 0 aliphatic heterocycles. The fourth-order valence-electron chi connectivity index (χ4n) is 3.53. The van der Waals surface area contributed by atoms with E-state index in [1.165, 1.54) is 49.7 Å². The number of hydrogen-bond donors (Lipinski definition) is 1. The van der Waals surface area contributed by atoms with Crippen LogP contribution in [0, 0.1) is 25.7 Å². The molecule has 0 bridgehead atoms. The molecule has 1 aromatic rings. The van der Waals surface area contributed by atoms with Gasteiger partial charge in [0.25, 0.3) is 0 Å². The molecule has 0 saturated heterocycles. The van der Waals surface area contributed by atoms with Gasteiger partial charge in [0.2, 0.25) is 0 Å². The SMILES string of the molecule is CCCC1CCC(C(O)c2cc(C)ccc2C)CC1. The van der Waals surface area contributed by atoms with Gasteiger partial charge in [-0.25, -0.2) is 0 Å². The van der Waals surface area contributed by atoms with Crippen LogP contribution in [-0.4, -0.2) is 5.11 Å². The Kier molecular flexibility index (Phi) is 5.04. The van der Waals surface area contributed by atoms with Gasteiger partial charge < -0.3 is 5.11 Å². The third-order valence-electron chi connectivity index (χ3n) is 4.79. The molecule has 0 aromatic heterocycles. The van der Waals surface area contributed by atoms with Crippen molar-refractivity contribution in [2.45, 2.75) is 65.4 Å². The lowest BCUT2D eigenvalue weighted by molar-refractivity contribution is 0.0717. The minimum Gasteiger partial charge on any atom is -0.388 e. The molecule has 0 heterocycles. The predicted octanol–water partition coefficient (Wildman–Crippen LogP) is 4.94. The van der Waals surface area contributed by atoms with Crippen LogP contribution in [0.25, 0.3) is 0 Å². The fourth-order valence-corrected chi connectivity index (χ4v) is 3.53. The number of aryl methyl sites for hydroxylation is 2. The summed E-state index contributed by atoms with van der Waals surface area (Å²) in [6.07, 6.45) is 7.41. The number of hydrogen-bond acceptors (Lipinski definition) is 1. The fraction of sp³-hybridized carbons (Fsp3) is 0.667.